The van der Waals surface area contributed by atoms with Crippen molar-refractivity contribution >= 4 is 5.88 Å². The number of hydrogen-bond donors (Lipinski definition) is 0. The predicted octanol–water partition coefficient (Wildman–Crippen LogP) is 3.18. The standard InChI is InChI=1S/C12H13NO3/c1-7-4-11(12(16-7)13(14)15)10-6-8-2-3-9(10)5-8/h2-4,8-10H,5-6H2,1H3. The summed E-state index contributed by atoms with van der Waals surface area (Å²) in [5.41, 5.74) is 0.791. The van der Waals surface area contributed by atoms with E-state index in [4.69, 9.17) is 4.42 Å². The zero-order valence-corrected chi connectivity index (χ0v) is 9.05. The average molecular weight is 219 g/mol. The zero-order chi connectivity index (χ0) is 11.3. The Morgan fingerprint density at radius 3 is 2.81 bits per heavy atom. The molecule has 2 bridgehead atoms. The molecule has 0 aromatic carbocycles. The highest BCUT2D eigenvalue weighted by molar-refractivity contribution is 5.38. The first-order valence-electron chi connectivity index (χ1n) is 5.58. The first-order valence-corrected chi connectivity index (χ1v) is 5.58. The Morgan fingerprint density at radius 1 is 1.44 bits per heavy atom. The summed E-state index contributed by atoms with van der Waals surface area (Å²) in [7, 11) is 0. The average Bonchev–Trinajstić information content (AvgIpc) is 2.89. The number of rotatable bonds is 2. The number of hydrogen-bond acceptors (Lipinski definition) is 3. The van der Waals surface area contributed by atoms with Gasteiger partial charge in [-0.1, -0.05) is 12.2 Å². The molecule has 2 aliphatic rings. The third-order valence-electron chi connectivity index (χ3n) is 3.71. The van der Waals surface area contributed by atoms with Crippen LogP contribution in [0.3, 0.4) is 0 Å². The number of fused-ring (bicyclic) bond motifs is 2. The molecule has 0 saturated heterocycles. The van der Waals surface area contributed by atoms with E-state index in [-0.39, 0.29) is 11.8 Å². The third-order valence-corrected chi connectivity index (χ3v) is 3.71. The zero-order valence-electron chi connectivity index (χ0n) is 9.05. The summed E-state index contributed by atoms with van der Waals surface area (Å²) in [6.45, 7) is 1.76. The molecule has 3 atom stereocenters. The molecule has 1 heterocycles. The Labute approximate surface area is 93.1 Å². The summed E-state index contributed by atoms with van der Waals surface area (Å²) >= 11 is 0. The van der Waals surface area contributed by atoms with E-state index in [9.17, 15) is 10.1 Å². The van der Waals surface area contributed by atoms with E-state index in [1.807, 2.05) is 6.07 Å². The minimum Gasteiger partial charge on any atom is -0.406 e. The molecular weight excluding hydrogens is 206 g/mol. The van der Waals surface area contributed by atoms with Crippen LogP contribution < -0.4 is 0 Å². The van der Waals surface area contributed by atoms with Crippen LogP contribution in [0.25, 0.3) is 0 Å². The molecule has 1 saturated carbocycles. The van der Waals surface area contributed by atoms with Gasteiger partial charge in [-0.05, 0) is 37.7 Å². The highest BCUT2D eigenvalue weighted by Crippen LogP contribution is 2.51. The van der Waals surface area contributed by atoms with E-state index in [0.717, 1.165) is 18.4 Å². The molecule has 1 aromatic rings. The van der Waals surface area contributed by atoms with Crippen molar-refractivity contribution in [2.45, 2.75) is 25.7 Å². The minimum absolute atomic E-state index is 0.0524. The van der Waals surface area contributed by atoms with Crippen LogP contribution in [0, 0.1) is 28.9 Å². The number of nitro groups is 1. The smallest absolute Gasteiger partial charge is 0.406 e. The van der Waals surface area contributed by atoms with Gasteiger partial charge in [-0.3, -0.25) is 10.1 Å². The van der Waals surface area contributed by atoms with Crippen LogP contribution in [0.2, 0.25) is 0 Å². The fraction of sp³-hybridized carbons (Fsp3) is 0.500. The van der Waals surface area contributed by atoms with Crippen molar-refractivity contribution in [3.05, 3.63) is 39.7 Å². The van der Waals surface area contributed by atoms with Crippen LogP contribution in [-0.2, 0) is 0 Å². The maximum Gasteiger partial charge on any atom is 0.436 e. The Bertz CT molecular complexity index is 475. The molecule has 16 heavy (non-hydrogen) atoms. The number of aryl methyl sites for hydroxylation is 1. The Morgan fingerprint density at radius 2 is 2.25 bits per heavy atom. The fourth-order valence-corrected chi connectivity index (χ4v) is 3.07. The van der Waals surface area contributed by atoms with Gasteiger partial charge in [0.15, 0.2) is 0 Å². The molecule has 0 radical (unpaired) electrons. The first kappa shape index (κ1) is 9.63. The molecule has 0 N–H and O–H groups in total. The van der Waals surface area contributed by atoms with E-state index in [1.54, 1.807) is 6.92 Å². The molecule has 4 heteroatoms. The van der Waals surface area contributed by atoms with Gasteiger partial charge in [-0.25, -0.2) is 0 Å². The molecule has 4 nitrogen and oxygen atoms in total. The highest BCUT2D eigenvalue weighted by Gasteiger charge is 2.41. The molecule has 84 valence electrons. The van der Waals surface area contributed by atoms with Crippen molar-refractivity contribution in [3.63, 3.8) is 0 Å². The van der Waals surface area contributed by atoms with Crippen molar-refractivity contribution in [1.29, 1.82) is 0 Å². The van der Waals surface area contributed by atoms with Gasteiger partial charge in [0.25, 0.3) is 0 Å². The molecular formula is C12H13NO3. The number of furan rings is 1. The summed E-state index contributed by atoms with van der Waals surface area (Å²) < 4.78 is 5.17. The van der Waals surface area contributed by atoms with E-state index in [0.29, 0.717) is 17.6 Å². The van der Waals surface area contributed by atoms with Crippen molar-refractivity contribution in [3.8, 4) is 0 Å². The van der Waals surface area contributed by atoms with Crippen molar-refractivity contribution in [1.82, 2.24) is 0 Å². The second-order valence-corrected chi connectivity index (χ2v) is 4.76. The molecule has 2 aliphatic carbocycles. The predicted molar refractivity (Wildman–Crippen MR) is 58.2 cm³/mol. The van der Waals surface area contributed by atoms with Crippen LogP contribution in [0.5, 0.6) is 0 Å². The van der Waals surface area contributed by atoms with E-state index < -0.39 is 4.92 Å². The summed E-state index contributed by atoms with van der Waals surface area (Å²) in [6, 6.07) is 1.83. The summed E-state index contributed by atoms with van der Waals surface area (Å²) in [6.07, 6.45) is 6.61. The van der Waals surface area contributed by atoms with Crippen molar-refractivity contribution in [2.24, 2.45) is 11.8 Å². The van der Waals surface area contributed by atoms with Crippen LogP contribution in [-0.4, -0.2) is 4.92 Å². The number of nitrogens with zero attached hydrogens (tertiary/aromatic N) is 1. The normalized spacial score (nSPS) is 31.2. The summed E-state index contributed by atoms with van der Waals surface area (Å²) in [4.78, 5) is 10.5. The van der Waals surface area contributed by atoms with Crippen LogP contribution in [0.15, 0.2) is 22.6 Å². The lowest BCUT2D eigenvalue weighted by Gasteiger charge is -2.15. The van der Waals surface area contributed by atoms with Gasteiger partial charge in [0.2, 0.25) is 0 Å². The van der Waals surface area contributed by atoms with E-state index in [2.05, 4.69) is 12.2 Å². The Hall–Kier alpha value is -1.58. The molecule has 0 aliphatic heterocycles. The van der Waals surface area contributed by atoms with Crippen LogP contribution in [0.4, 0.5) is 5.88 Å². The lowest BCUT2D eigenvalue weighted by Crippen LogP contribution is -2.06. The minimum atomic E-state index is -0.405. The second-order valence-electron chi connectivity index (χ2n) is 4.76. The van der Waals surface area contributed by atoms with Gasteiger partial charge in [-0.15, -0.1) is 0 Å². The molecule has 0 amide bonds. The van der Waals surface area contributed by atoms with Gasteiger partial charge in [0.05, 0.1) is 5.56 Å². The molecule has 1 aromatic heterocycles. The van der Waals surface area contributed by atoms with Gasteiger partial charge in [0.1, 0.15) is 10.7 Å². The van der Waals surface area contributed by atoms with Crippen molar-refractivity contribution in [2.75, 3.05) is 0 Å². The second kappa shape index (κ2) is 3.20. The van der Waals surface area contributed by atoms with Crippen molar-refractivity contribution < 1.29 is 9.34 Å². The lowest BCUT2D eigenvalue weighted by molar-refractivity contribution is -0.403. The molecule has 3 unspecified atom stereocenters. The third kappa shape index (κ3) is 1.29. The van der Waals surface area contributed by atoms with Gasteiger partial charge in [0, 0.05) is 5.92 Å². The fourth-order valence-electron chi connectivity index (χ4n) is 3.07. The molecule has 0 spiro atoms. The first-order chi connectivity index (χ1) is 7.65. The SMILES string of the molecule is Cc1cc(C2CC3C=CC2C3)c([N+](=O)[O-])o1. The van der Waals surface area contributed by atoms with Crippen LogP contribution >= 0.6 is 0 Å². The van der Waals surface area contributed by atoms with Gasteiger partial charge >= 0.3 is 5.88 Å². The summed E-state index contributed by atoms with van der Waals surface area (Å²) in [5.74, 6) is 1.95. The Kier molecular flexibility index (Phi) is 1.93. The largest absolute Gasteiger partial charge is 0.436 e. The topological polar surface area (TPSA) is 56.3 Å². The van der Waals surface area contributed by atoms with Crippen LogP contribution in [0.1, 0.15) is 30.1 Å². The molecule has 1 fully saturated rings. The summed E-state index contributed by atoms with van der Waals surface area (Å²) in [5, 5.41) is 10.9. The van der Waals surface area contributed by atoms with E-state index in [1.165, 1.54) is 0 Å². The highest BCUT2D eigenvalue weighted by atomic mass is 16.6. The maximum atomic E-state index is 10.9. The quantitative estimate of drug-likeness (QED) is 0.436. The van der Waals surface area contributed by atoms with Gasteiger partial charge < -0.3 is 4.42 Å². The van der Waals surface area contributed by atoms with Gasteiger partial charge in [-0.2, -0.15) is 0 Å². The monoisotopic (exact) mass is 219 g/mol. The maximum absolute atomic E-state index is 10.9. The molecule has 3 rings (SSSR count). The lowest BCUT2D eigenvalue weighted by atomic mass is 9.88. The number of allylic oxidation sites excluding steroid dienone is 2. The van der Waals surface area contributed by atoms with E-state index >= 15 is 0 Å². The Balaban J connectivity index is 2.00.